The van der Waals surface area contributed by atoms with Gasteiger partial charge in [-0.15, -0.1) is 0 Å². The van der Waals surface area contributed by atoms with Crippen LogP contribution in [0.2, 0.25) is 5.82 Å². The van der Waals surface area contributed by atoms with E-state index in [0.29, 0.717) is 34.5 Å². The number of aryl methyl sites for hydroxylation is 1. The second-order valence-electron chi connectivity index (χ2n) is 20.2. The van der Waals surface area contributed by atoms with E-state index in [4.69, 9.17) is 9.97 Å². The van der Waals surface area contributed by atoms with E-state index < -0.39 is 11.2 Å². The quantitative estimate of drug-likeness (QED) is 0.153. The van der Waals surface area contributed by atoms with E-state index in [0.717, 1.165) is 66.6 Å². The van der Waals surface area contributed by atoms with E-state index in [1.807, 2.05) is 30.8 Å². The zero-order valence-electron chi connectivity index (χ0n) is 38.5. The van der Waals surface area contributed by atoms with Crippen LogP contribution in [0.4, 0.5) is 21.6 Å². The second kappa shape index (κ2) is 18.7. The lowest BCUT2D eigenvalue weighted by molar-refractivity contribution is -0.125. The molecule has 4 aromatic rings. The van der Waals surface area contributed by atoms with Gasteiger partial charge < -0.3 is 29.8 Å². The number of hydrogen-bond acceptors (Lipinski definition) is 7. The molecule has 5 aliphatic rings. The van der Waals surface area contributed by atoms with Crippen LogP contribution in [0.15, 0.2) is 42.7 Å². The van der Waals surface area contributed by atoms with E-state index in [1.54, 1.807) is 13.0 Å². The minimum atomic E-state index is -0.534. The second-order valence-corrected chi connectivity index (χ2v) is 20.2. The summed E-state index contributed by atoms with van der Waals surface area (Å²) in [6.45, 7) is 13.9. The number of fused-ring (bicyclic) bond motifs is 3. The highest BCUT2D eigenvalue weighted by molar-refractivity contribution is 6.34. The molecule has 335 valence electrons. The molecule has 0 atom stereocenters. The molecule has 4 fully saturated rings. The van der Waals surface area contributed by atoms with Crippen LogP contribution in [-0.2, 0) is 10.2 Å². The van der Waals surface area contributed by atoms with Crippen molar-refractivity contribution in [2.24, 2.45) is 0 Å². The van der Waals surface area contributed by atoms with E-state index in [2.05, 4.69) is 64.7 Å². The first-order valence-electron chi connectivity index (χ1n) is 24.6. The summed E-state index contributed by atoms with van der Waals surface area (Å²) in [4.78, 5) is 45.9. The maximum Gasteiger partial charge on any atom is 0.251 e. The minimum Gasteiger partial charge on any atom is -0.350 e. The molecular formula is C51H69BFN8O2. The normalized spacial score (nSPS) is 22.7. The predicted molar refractivity (Wildman–Crippen MR) is 254 cm³/mol. The number of benzene rings is 2. The fourth-order valence-electron chi connectivity index (χ4n) is 11.5. The van der Waals surface area contributed by atoms with Gasteiger partial charge in [0, 0.05) is 41.0 Å². The number of pyridine rings is 1. The predicted octanol–water partition coefficient (Wildman–Crippen LogP) is 10.6. The lowest BCUT2D eigenvalue weighted by atomic mass is 9.65. The molecule has 2 aliphatic carbocycles. The first-order chi connectivity index (χ1) is 30.5. The molecule has 10 nitrogen and oxygen atoms in total. The summed E-state index contributed by atoms with van der Waals surface area (Å²) in [6, 6.07) is 12.3. The molecule has 2 N–H and O–H groups in total. The van der Waals surface area contributed by atoms with Crippen molar-refractivity contribution in [3.8, 4) is 11.3 Å². The summed E-state index contributed by atoms with van der Waals surface area (Å²) in [7, 11) is 2.56. The first-order valence-corrected chi connectivity index (χ1v) is 24.6. The van der Waals surface area contributed by atoms with Crippen LogP contribution in [0.1, 0.15) is 158 Å². The number of nitrogens with zero attached hydrogens (tertiary/aromatic N) is 6. The number of halogens is 1. The zero-order valence-corrected chi connectivity index (χ0v) is 38.5. The van der Waals surface area contributed by atoms with Gasteiger partial charge in [-0.1, -0.05) is 82.2 Å². The Morgan fingerprint density at radius 1 is 0.857 bits per heavy atom. The molecule has 9 rings (SSSR count). The molecule has 5 heterocycles. The van der Waals surface area contributed by atoms with Crippen molar-refractivity contribution in [3.05, 3.63) is 65.2 Å². The molecule has 2 amide bonds. The van der Waals surface area contributed by atoms with Gasteiger partial charge in [0.05, 0.1) is 28.6 Å². The van der Waals surface area contributed by atoms with Gasteiger partial charge in [-0.3, -0.25) is 9.59 Å². The number of hydrogen-bond donors (Lipinski definition) is 2. The number of amides is 2. The van der Waals surface area contributed by atoms with E-state index in [1.165, 1.54) is 96.2 Å². The lowest BCUT2D eigenvalue weighted by Crippen LogP contribution is -2.58. The third-order valence-corrected chi connectivity index (χ3v) is 15.1. The molecule has 2 aromatic heterocycles. The van der Waals surface area contributed by atoms with E-state index >= 15 is 9.18 Å². The number of anilines is 3. The number of likely N-dealkylation sites (tertiary alicyclic amines) is 1. The Kier molecular flexibility index (Phi) is 13.0. The molecule has 0 bridgehead atoms. The molecule has 1 spiro atoms. The van der Waals surface area contributed by atoms with Crippen LogP contribution in [0.5, 0.6) is 0 Å². The van der Waals surface area contributed by atoms with Crippen LogP contribution in [0.3, 0.4) is 0 Å². The molecule has 0 unspecified atom stereocenters. The third kappa shape index (κ3) is 8.92. The molecular weight excluding hydrogens is 786 g/mol. The van der Waals surface area contributed by atoms with Crippen molar-refractivity contribution < 1.29 is 14.0 Å². The number of rotatable bonds is 10. The van der Waals surface area contributed by atoms with Crippen molar-refractivity contribution in [1.82, 2.24) is 29.6 Å². The molecule has 2 saturated carbocycles. The highest BCUT2D eigenvalue weighted by Crippen LogP contribution is 2.52. The number of carbonyl (C=O) groups is 2. The molecule has 3 aliphatic heterocycles. The van der Waals surface area contributed by atoms with Gasteiger partial charge in [-0.25, -0.2) is 14.4 Å². The Labute approximate surface area is 375 Å². The van der Waals surface area contributed by atoms with Gasteiger partial charge in [-0.2, -0.15) is 0 Å². The average molecular weight is 856 g/mol. The van der Waals surface area contributed by atoms with Crippen LogP contribution in [0, 0.1) is 12.7 Å². The Balaban J connectivity index is 1.04. The summed E-state index contributed by atoms with van der Waals surface area (Å²) in [5, 5.41) is 6.26. The Morgan fingerprint density at radius 3 is 2.22 bits per heavy atom. The monoisotopic (exact) mass is 856 g/mol. The van der Waals surface area contributed by atoms with Gasteiger partial charge in [-0.05, 0) is 135 Å². The molecule has 1 radical (unpaired) electrons. The van der Waals surface area contributed by atoms with Gasteiger partial charge in [0.1, 0.15) is 11.3 Å². The summed E-state index contributed by atoms with van der Waals surface area (Å²) >= 11 is 0. The Bertz CT molecular complexity index is 2280. The van der Waals surface area contributed by atoms with Crippen molar-refractivity contribution in [3.63, 3.8) is 0 Å². The highest BCUT2D eigenvalue weighted by Gasteiger charge is 2.55. The number of piperidine rings is 2. The van der Waals surface area contributed by atoms with Crippen molar-refractivity contribution in [1.29, 1.82) is 0 Å². The minimum absolute atomic E-state index is 0.0631. The van der Waals surface area contributed by atoms with E-state index in [-0.39, 0.29) is 35.6 Å². The average Bonchev–Trinajstić information content (AvgIpc) is 3.79. The van der Waals surface area contributed by atoms with Crippen molar-refractivity contribution in [2.45, 2.75) is 173 Å². The van der Waals surface area contributed by atoms with Gasteiger partial charge in [0.25, 0.3) is 5.91 Å². The Morgan fingerprint density at radius 2 is 1.54 bits per heavy atom. The van der Waals surface area contributed by atoms with Gasteiger partial charge >= 0.3 is 0 Å². The molecule has 2 aromatic carbocycles. The SMILES string of the molecule is Cc1cc(F)c(Nc2nc(-c3ccc4c(c3)N(C3CC(N5CCCCC5)C3)C(=O)C43CCN([B]C4CCCCCCCCC4)CC3)cc3ncn(C(C)C)c23)cc1C(=O)NC(C)C. The maximum absolute atomic E-state index is 15.8. The Hall–Kier alpha value is -4.29. The highest BCUT2D eigenvalue weighted by atomic mass is 19.1. The molecule has 63 heavy (non-hydrogen) atoms. The third-order valence-electron chi connectivity index (χ3n) is 15.1. The van der Waals surface area contributed by atoms with Crippen LogP contribution in [0.25, 0.3) is 22.3 Å². The summed E-state index contributed by atoms with van der Waals surface area (Å²) in [5.74, 6) is 0.652. The smallest absolute Gasteiger partial charge is 0.251 e. The summed E-state index contributed by atoms with van der Waals surface area (Å²) < 4.78 is 17.9. The molecule has 2 saturated heterocycles. The largest absolute Gasteiger partial charge is 0.350 e. The fraction of sp³-hybridized carbons (Fsp3) is 0.608. The maximum atomic E-state index is 15.8. The topological polar surface area (TPSA) is 98.6 Å². The van der Waals surface area contributed by atoms with Crippen LogP contribution < -0.4 is 15.5 Å². The number of nitrogens with one attached hydrogen (secondary N) is 2. The van der Waals surface area contributed by atoms with Crippen LogP contribution >= 0.6 is 0 Å². The summed E-state index contributed by atoms with van der Waals surface area (Å²) in [5.41, 5.74) is 5.85. The van der Waals surface area contributed by atoms with Crippen LogP contribution in [-0.4, -0.2) is 87.8 Å². The number of aromatic nitrogens is 3. The number of carbonyl (C=O) groups excluding carboxylic acids is 2. The first kappa shape index (κ1) is 43.9. The standard InChI is InChI=1S/C51H69BFN8O2/c1-33(2)55-49(62)40-30-44(42(53)26-35(40)5)57-48-47-45(54-32-60(47)34(3)4)31-43(56-48)36-18-19-41-46(27-36)61(39-28-38(29-39)58-22-14-11-15-23-58)50(63)51(41)20-24-59(25-21-51)52-37-16-12-9-7-6-8-10-13-17-37/h18-19,26-27,30-34,37-39H,6-17,20-25,28-29H2,1-5H3,(H,55,62)(H,56,57). The van der Waals surface area contributed by atoms with Gasteiger partial charge in [0.2, 0.25) is 13.3 Å². The van der Waals surface area contributed by atoms with Crippen molar-refractivity contribution in [2.75, 3.05) is 36.4 Å². The number of imidazole rings is 1. The van der Waals surface area contributed by atoms with E-state index in [9.17, 15) is 4.79 Å². The van der Waals surface area contributed by atoms with Crippen molar-refractivity contribution >= 4 is 47.5 Å². The van der Waals surface area contributed by atoms with Gasteiger partial charge in [0.15, 0.2) is 5.82 Å². The lowest BCUT2D eigenvalue weighted by Gasteiger charge is -2.48. The summed E-state index contributed by atoms with van der Waals surface area (Å²) in [6.07, 6.45) is 21.4. The molecule has 12 heteroatoms. The fourth-order valence-corrected chi connectivity index (χ4v) is 11.5. The zero-order chi connectivity index (χ0) is 43.8.